The van der Waals surface area contributed by atoms with Crippen molar-refractivity contribution in [2.24, 2.45) is 11.5 Å². The minimum Gasteiger partial charge on any atom is -0.379 e. The van der Waals surface area contributed by atoms with Crippen molar-refractivity contribution in [1.29, 1.82) is 0 Å². The third kappa shape index (κ3) is 15.3. The van der Waals surface area contributed by atoms with Crippen LogP contribution in [0.2, 0.25) is 0 Å². The lowest BCUT2D eigenvalue weighted by Crippen LogP contribution is -2.16. The molecule has 0 aliphatic heterocycles. The molecule has 0 bridgehead atoms. The Hall–Kier alpha value is -0.730. The molecule has 7 heteroatoms. The summed E-state index contributed by atoms with van der Waals surface area (Å²) in [5.41, 5.74) is 10.2. The SMILES string of the molecule is NCCOCCOCCOCCOCCC(N)=O. The van der Waals surface area contributed by atoms with Gasteiger partial charge in [0.2, 0.25) is 5.91 Å². The first kappa shape index (κ1) is 17.3. The van der Waals surface area contributed by atoms with Gasteiger partial charge < -0.3 is 30.4 Å². The Labute approximate surface area is 108 Å². The molecule has 0 aromatic heterocycles. The zero-order valence-electron chi connectivity index (χ0n) is 10.8. The highest BCUT2D eigenvalue weighted by Gasteiger charge is 1.94. The molecule has 0 saturated carbocycles. The Morgan fingerprint density at radius 1 is 0.722 bits per heavy atom. The fourth-order valence-electron chi connectivity index (χ4n) is 1.02. The molecule has 0 radical (unpaired) electrons. The number of hydrogen-bond acceptors (Lipinski definition) is 6. The van der Waals surface area contributed by atoms with E-state index < -0.39 is 0 Å². The van der Waals surface area contributed by atoms with E-state index in [1.807, 2.05) is 0 Å². The van der Waals surface area contributed by atoms with E-state index in [0.29, 0.717) is 59.4 Å². The highest BCUT2D eigenvalue weighted by atomic mass is 16.6. The lowest BCUT2D eigenvalue weighted by atomic mass is 10.4. The maximum Gasteiger partial charge on any atom is 0.219 e. The number of carbonyl (C=O) groups excluding carboxylic acids is 1. The molecule has 0 aliphatic rings. The van der Waals surface area contributed by atoms with Crippen molar-refractivity contribution >= 4 is 5.91 Å². The maximum absolute atomic E-state index is 10.4. The number of hydrogen-bond donors (Lipinski definition) is 2. The Kier molecular flexibility index (Phi) is 13.8. The largest absolute Gasteiger partial charge is 0.379 e. The molecule has 0 rings (SSSR count). The Balaban J connectivity index is 2.92. The second-order valence-corrected chi connectivity index (χ2v) is 3.45. The van der Waals surface area contributed by atoms with Crippen LogP contribution in [0, 0.1) is 0 Å². The number of carbonyl (C=O) groups is 1. The van der Waals surface area contributed by atoms with Crippen LogP contribution in [-0.2, 0) is 23.7 Å². The van der Waals surface area contributed by atoms with Crippen molar-refractivity contribution in [3.8, 4) is 0 Å². The summed E-state index contributed by atoms with van der Waals surface area (Å²) in [6.07, 6.45) is 0.242. The monoisotopic (exact) mass is 264 g/mol. The van der Waals surface area contributed by atoms with E-state index in [2.05, 4.69) is 0 Å². The fourth-order valence-corrected chi connectivity index (χ4v) is 1.02. The fraction of sp³-hybridized carbons (Fsp3) is 0.909. The number of rotatable bonds is 14. The summed E-state index contributed by atoms with van der Waals surface area (Å²) in [4.78, 5) is 10.4. The van der Waals surface area contributed by atoms with Crippen LogP contribution < -0.4 is 11.5 Å². The molecule has 0 atom stereocenters. The molecule has 7 nitrogen and oxygen atoms in total. The average Bonchev–Trinajstić information content (AvgIpc) is 2.34. The van der Waals surface area contributed by atoms with E-state index in [1.54, 1.807) is 0 Å². The second-order valence-electron chi connectivity index (χ2n) is 3.45. The Morgan fingerprint density at radius 2 is 1.11 bits per heavy atom. The summed E-state index contributed by atoms with van der Waals surface area (Å²) in [6, 6.07) is 0. The van der Waals surface area contributed by atoms with Crippen LogP contribution >= 0.6 is 0 Å². The Bertz CT molecular complexity index is 192. The van der Waals surface area contributed by atoms with Crippen LogP contribution in [0.1, 0.15) is 6.42 Å². The third-order valence-electron chi connectivity index (χ3n) is 1.87. The molecule has 4 N–H and O–H groups in total. The number of ether oxygens (including phenoxy) is 4. The molecule has 0 spiro atoms. The summed E-state index contributed by atoms with van der Waals surface area (Å²) in [7, 11) is 0. The van der Waals surface area contributed by atoms with Gasteiger partial charge >= 0.3 is 0 Å². The number of amides is 1. The van der Waals surface area contributed by atoms with Crippen LogP contribution in [0.4, 0.5) is 0 Å². The van der Waals surface area contributed by atoms with Gasteiger partial charge in [-0.3, -0.25) is 4.79 Å². The third-order valence-corrected chi connectivity index (χ3v) is 1.87. The molecule has 0 fully saturated rings. The lowest BCUT2D eigenvalue weighted by Gasteiger charge is -2.06. The molecular formula is C11H24N2O5. The number of primary amides is 1. The summed E-state index contributed by atoms with van der Waals surface area (Å²) in [5.74, 6) is -0.360. The van der Waals surface area contributed by atoms with Crippen molar-refractivity contribution in [2.75, 3.05) is 59.4 Å². The van der Waals surface area contributed by atoms with Gasteiger partial charge in [-0.15, -0.1) is 0 Å². The van der Waals surface area contributed by atoms with Crippen LogP contribution in [0.3, 0.4) is 0 Å². The van der Waals surface area contributed by atoms with E-state index in [9.17, 15) is 4.79 Å². The van der Waals surface area contributed by atoms with Crippen molar-refractivity contribution in [1.82, 2.24) is 0 Å². The average molecular weight is 264 g/mol. The van der Waals surface area contributed by atoms with Crippen LogP contribution in [-0.4, -0.2) is 65.3 Å². The van der Waals surface area contributed by atoms with Gasteiger partial charge in [0.05, 0.1) is 52.9 Å². The molecule has 108 valence electrons. The van der Waals surface area contributed by atoms with Crippen molar-refractivity contribution < 1.29 is 23.7 Å². The maximum atomic E-state index is 10.4. The molecule has 0 unspecified atom stereocenters. The molecule has 0 aliphatic carbocycles. The van der Waals surface area contributed by atoms with Gasteiger partial charge in [0, 0.05) is 13.0 Å². The normalized spacial score (nSPS) is 10.7. The van der Waals surface area contributed by atoms with Gasteiger partial charge in [-0.1, -0.05) is 0 Å². The van der Waals surface area contributed by atoms with Gasteiger partial charge in [0.25, 0.3) is 0 Å². The van der Waals surface area contributed by atoms with Gasteiger partial charge in [-0.25, -0.2) is 0 Å². The van der Waals surface area contributed by atoms with Crippen LogP contribution in [0.5, 0.6) is 0 Å². The quantitative estimate of drug-likeness (QED) is 0.385. The van der Waals surface area contributed by atoms with E-state index >= 15 is 0 Å². The molecule has 18 heavy (non-hydrogen) atoms. The highest BCUT2D eigenvalue weighted by molar-refractivity contribution is 5.73. The van der Waals surface area contributed by atoms with E-state index in [1.165, 1.54) is 0 Å². The predicted molar refractivity (Wildman–Crippen MR) is 66.1 cm³/mol. The highest BCUT2D eigenvalue weighted by Crippen LogP contribution is 1.84. The standard InChI is InChI=1S/C11H24N2O5/c12-2-4-16-6-8-18-10-9-17-7-5-15-3-1-11(13)14/h1-10,12H2,(H2,13,14). The lowest BCUT2D eigenvalue weighted by molar-refractivity contribution is -0.119. The predicted octanol–water partition coefficient (Wildman–Crippen LogP) is -1.11. The van der Waals surface area contributed by atoms with E-state index in [-0.39, 0.29) is 12.3 Å². The first-order valence-corrected chi connectivity index (χ1v) is 6.06. The summed E-state index contributed by atoms with van der Waals surface area (Å²) < 4.78 is 20.7. The molecule has 0 saturated heterocycles. The van der Waals surface area contributed by atoms with Crippen molar-refractivity contribution in [3.05, 3.63) is 0 Å². The van der Waals surface area contributed by atoms with Crippen LogP contribution in [0.15, 0.2) is 0 Å². The molecular weight excluding hydrogens is 240 g/mol. The summed E-state index contributed by atoms with van der Waals surface area (Å²) >= 11 is 0. The van der Waals surface area contributed by atoms with Gasteiger partial charge in [-0.2, -0.15) is 0 Å². The Morgan fingerprint density at radius 3 is 1.50 bits per heavy atom. The first-order valence-electron chi connectivity index (χ1n) is 6.06. The molecule has 0 heterocycles. The molecule has 1 amide bonds. The first-order chi connectivity index (χ1) is 8.77. The van der Waals surface area contributed by atoms with Gasteiger partial charge in [-0.05, 0) is 0 Å². The topological polar surface area (TPSA) is 106 Å². The molecule has 0 aromatic carbocycles. The number of nitrogens with two attached hydrogens (primary N) is 2. The zero-order valence-corrected chi connectivity index (χ0v) is 10.8. The minimum absolute atomic E-state index is 0.242. The second kappa shape index (κ2) is 14.3. The van der Waals surface area contributed by atoms with E-state index in [0.717, 1.165) is 0 Å². The van der Waals surface area contributed by atoms with Crippen LogP contribution in [0.25, 0.3) is 0 Å². The minimum atomic E-state index is -0.360. The summed E-state index contributed by atoms with van der Waals surface area (Å²) in [5, 5.41) is 0. The molecule has 0 aromatic rings. The zero-order chi connectivity index (χ0) is 13.5. The van der Waals surface area contributed by atoms with E-state index in [4.69, 9.17) is 30.4 Å². The summed E-state index contributed by atoms with van der Waals surface area (Å²) in [6.45, 7) is 4.48. The van der Waals surface area contributed by atoms with Gasteiger partial charge in [0.15, 0.2) is 0 Å². The van der Waals surface area contributed by atoms with Crippen molar-refractivity contribution in [3.63, 3.8) is 0 Å². The van der Waals surface area contributed by atoms with Gasteiger partial charge in [0.1, 0.15) is 0 Å². The smallest absolute Gasteiger partial charge is 0.219 e. The van der Waals surface area contributed by atoms with Crippen molar-refractivity contribution in [2.45, 2.75) is 6.42 Å².